The maximum Gasteiger partial charge on any atom is 0.240 e. The highest BCUT2D eigenvalue weighted by atomic mass is 16.5. The molecule has 0 bridgehead atoms. The van der Waals surface area contributed by atoms with E-state index in [4.69, 9.17) is 4.74 Å². The molecule has 3 aliphatic heterocycles. The number of carbonyl (C=O) groups is 2. The van der Waals surface area contributed by atoms with Gasteiger partial charge in [-0.2, -0.15) is 0 Å². The van der Waals surface area contributed by atoms with Crippen molar-refractivity contribution in [1.82, 2.24) is 20.5 Å². The summed E-state index contributed by atoms with van der Waals surface area (Å²) in [7, 11) is 0. The van der Waals surface area contributed by atoms with Crippen molar-refractivity contribution in [2.24, 2.45) is 5.92 Å². The van der Waals surface area contributed by atoms with Crippen LogP contribution in [0.5, 0.6) is 0 Å². The molecule has 4 rings (SSSR count). The minimum Gasteiger partial charge on any atom is -0.381 e. The average Bonchev–Trinajstić information content (AvgIpc) is 3.12. The predicted octanol–water partition coefficient (Wildman–Crippen LogP) is 1.24. The molecule has 1 aromatic heterocycles. The van der Waals surface area contributed by atoms with Crippen LogP contribution in [0.4, 0.5) is 0 Å². The summed E-state index contributed by atoms with van der Waals surface area (Å²) in [4.78, 5) is 32.3. The zero-order valence-corrected chi connectivity index (χ0v) is 16.4. The highest BCUT2D eigenvalue weighted by Gasteiger charge is 2.52. The van der Waals surface area contributed by atoms with Crippen molar-refractivity contribution in [3.63, 3.8) is 0 Å². The number of hydrogen-bond acceptors (Lipinski definition) is 5. The number of fused-ring (bicyclic) bond motifs is 1. The summed E-state index contributed by atoms with van der Waals surface area (Å²) in [5.41, 5.74) is 0.505. The van der Waals surface area contributed by atoms with Crippen LogP contribution < -0.4 is 10.6 Å². The molecule has 3 aliphatic rings. The van der Waals surface area contributed by atoms with Crippen LogP contribution in [-0.4, -0.2) is 59.6 Å². The van der Waals surface area contributed by atoms with Gasteiger partial charge in [-0.1, -0.05) is 6.07 Å². The van der Waals surface area contributed by atoms with Gasteiger partial charge in [-0.15, -0.1) is 0 Å². The topological polar surface area (TPSA) is 83.6 Å². The molecule has 2 atom stereocenters. The number of ether oxygens (including phenoxy) is 1. The van der Waals surface area contributed by atoms with E-state index in [1.807, 2.05) is 12.1 Å². The molecule has 7 nitrogen and oxygen atoms in total. The molecule has 3 fully saturated rings. The van der Waals surface area contributed by atoms with Crippen molar-refractivity contribution in [1.29, 1.82) is 0 Å². The number of nitrogens with zero attached hydrogens (tertiary/aromatic N) is 2. The Morgan fingerprint density at radius 1 is 1.29 bits per heavy atom. The van der Waals surface area contributed by atoms with Crippen molar-refractivity contribution < 1.29 is 14.3 Å². The molecule has 2 N–H and O–H groups in total. The number of rotatable bonds is 5. The standard InChI is InChI=1S/C21H30N4O3/c26-19(17-5-10-28-11-6-17)24-18-12-21(7-1-2-9-25(21)15-18)20(27)23-14-16-4-3-8-22-13-16/h3-4,8,13,17-18H,1-2,5-7,9-12,14-15H2,(H,23,27)(H,24,26)/t18-,21-/m0/s1. The molecule has 7 heteroatoms. The Kier molecular flexibility index (Phi) is 5.92. The first-order chi connectivity index (χ1) is 13.7. The fraction of sp³-hybridized carbons (Fsp3) is 0.667. The lowest BCUT2D eigenvalue weighted by molar-refractivity contribution is -0.134. The molecule has 4 heterocycles. The third-order valence-corrected chi connectivity index (χ3v) is 6.44. The third-order valence-electron chi connectivity index (χ3n) is 6.44. The Balaban J connectivity index is 1.39. The number of aromatic nitrogens is 1. The lowest BCUT2D eigenvalue weighted by Crippen LogP contribution is -2.57. The average molecular weight is 386 g/mol. The summed E-state index contributed by atoms with van der Waals surface area (Å²) >= 11 is 0. The van der Waals surface area contributed by atoms with Crippen molar-refractivity contribution >= 4 is 11.8 Å². The van der Waals surface area contributed by atoms with Crippen LogP contribution in [-0.2, 0) is 20.9 Å². The Morgan fingerprint density at radius 3 is 2.93 bits per heavy atom. The molecule has 2 amide bonds. The molecule has 0 radical (unpaired) electrons. The lowest BCUT2D eigenvalue weighted by atomic mass is 9.84. The summed E-state index contributed by atoms with van der Waals surface area (Å²) < 4.78 is 5.36. The van der Waals surface area contributed by atoms with Crippen molar-refractivity contribution in [2.45, 2.75) is 56.7 Å². The van der Waals surface area contributed by atoms with Crippen LogP contribution in [0.2, 0.25) is 0 Å². The van der Waals surface area contributed by atoms with E-state index in [2.05, 4.69) is 20.5 Å². The normalized spacial score (nSPS) is 28.5. The van der Waals surface area contributed by atoms with Gasteiger partial charge in [0.05, 0.1) is 0 Å². The van der Waals surface area contributed by atoms with Gasteiger partial charge in [0.1, 0.15) is 5.54 Å². The van der Waals surface area contributed by atoms with Crippen LogP contribution in [0.15, 0.2) is 24.5 Å². The number of pyridine rings is 1. The van der Waals surface area contributed by atoms with Crippen LogP contribution in [0.3, 0.4) is 0 Å². The first kappa shape index (κ1) is 19.3. The van der Waals surface area contributed by atoms with Gasteiger partial charge in [-0.25, -0.2) is 0 Å². The van der Waals surface area contributed by atoms with Gasteiger partial charge >= 0.3 is 0 Å². The van der Waals surface area contributed by atoms with E-state index in [1.54, 1.807) is 12.4 Å². The maximum absolute atomic E-state index is 13.2. The Hall–Kier alpha value is -1.99. The zero-order chi connectivity index (χ0) is 19.4. The molecule has 0 aliphatic carbocycles. The second kappa shape index (κ2) is 8.57. The molecule has 0 aromatic carbocycles. The van der Waals surface area contributed by atoms with E-state index in [-0.39, 0.29) is 23.8 Å². The van der Waals surface area contributed by atoms with E-state index in [9.17, 15) is 9.59 Å². The van der Waals surface area contributed by atoms with E-state index in [0.717, 1.165) is 50.8 Å². The summed E-state index contributed by atoms with van der Waals surface area (Å²) in [6.45, 7) is 3.49. The Morgan fingerprint density at radius 2 is 2.14 bits per heavy atom. The first-order valence-corrected chi connectivity index (χ1v) is 10.5. The monoisotopic (exact) mass is 386 g/mol. The highest BCUT2D eigenvalue weighted by Crippen LogP contribution is 2.38. The molecule has 0 unspecified atom stereocenters. The molecule has 28 heavy (non-hydrogen) atoms. The van der Waals surface area contributed by atoms with Gasteiger partial charge in [0.2, 0.25) is 11.8 Å². The SMILES string of the molecule is O=C(N[C@@H]1CN2CCCC[C@@]2(C(=O)NCc2cccnc2)C1)C1CCOCC1. The van der Waals surface area contributed by atoms with E-state index in [0.29, 0.717) is 26.2 Å². The largest absolute Gasteiger partial charge is 0.381 e. The van der Waals surface area contributed by atoms with Gasteiger partial charge in [-0.3, -0.25) is 19.5 Å². The number of piperidine rings is 1. The number of amides is 2. The molecule has 152 valence electrons. The van der Waals surface area contributed by atoms with Crippen molar-refractivity contribution in [3.05, 3.63) is 30.1 Å². The predicted molar refractivity (Wildman–Crippen MR) is 104 cm³/mol. The summed E-state index contributed by atoms with van der Waals surface area (Å²) in [5.74, 6) is 0.250. The molecular formula is C21H30N4O3. The lowest BCUT2D eigenvalue weighted by Gasteiger charge is -2.40. The maximum atomic E-state index is 13.2. The summed E-state index contributed by atoms with van der Waals surface area (Å²) in [6, 6.07) is 3.89. The molecule has 0 spiro atoms. The van der Waals surface area contributed by atoms with Gasteiger partial charge in [-0.05, 0) is 56.7 Å². The minimum atomic E-state index is -0.492. The van der Waals surface area contributed by atoms with Gasteiger partial charge in [0.15, 0.2) is 0 Å². The van der Waals surface area contributed by atoms with Gasteiger partial charge < -0.3 is 15.4 Å². The van der Waals surface area contributed by atoms with Gasteiger partial charge in [0.25, 0.3) is 0 Å². The molecule has 1 aromatic rings. The van der Waals surface area contributed by atoms with E-state index < -0.39 is 5.54 Å². The molecular weight excluding hydrogens is 356 g/mol. The van der Waals surface area contributed by atoms with Crippen molar-refractivity contribution in [2.75, 3.05) is 26.3 Å². The van der Waals surface area contributed by atoms with Crippen molar-refractivity contribution in [3.8, 4) is 0 Å². The number of carbonyl (C=O) groups excluding carboxylic acids is 2. The Labute approximate surface area is 166 Å². The highest BCUT2D eigenvalue weighted by molar-refractivity contribution is 5.87. The second-order valence-electron chi connectivity index (χ2n) is 8.27. The fourth-order valence-corrected chi connectivity index (χ4v) is 4.90. The fourth-order valence-electron chi connectivity index (χ4n) is 4.90. The summed E-state index contributed by atoms with van der Waals surface area (Å²) in [5, 5.41) is 6.35. The quantitative estimate of drug-likeness (QED) is 0.796. The van der Waals surface area contributed by atoms with Crippen LogP contribution >= 0.6 is 0 Å². The van der Waals surface area contributed by atoms with Crippen LogP contribution in [0.25, 0.3) is 0 Å². The molecule has 0 saturated carbocycles. The van der Waals surface area contributed by atoms with E-state index in [1.165, 1.54) is 0 Å². The number of nitrogens with one attached hydrogen (secondary N) is 2. The second-order valence-corrected chi connectivity index (χ2v) is 8.27. The minimum absolute atomic E-state index is 0.0394. The summed E-state index contributed by atoms with van der Waals surface area (Å²) in [6.07, 6.45) is 8.81. The smallest absolute Gasteiger partial charge is 0.240 e. The van der Waals surface area contributed by atoms with E-state index >= 15 is 0 Å². The first-order valence-electron chi connectivity index (χ1n) is 10.5. The molecule has 3 saturated heterocycles. The Bertz CT molecular complexity index is 692. The van der Waals surface area contributed by atoms with Crippen LogP contribution in [0.1, 0.15) is 44.1 Å². The third kappa shape index (κ3) is 4.05. The van der Waals surface area contributed by atoms with Gasteiger partial charge in [0, 0.05) is 50.7 Å². The van der Waals surface area contributed by atoms with Crippen LogP contribution in [0, 0.1) is 5.92 Å². The zero-order valence-electron chi connectivity index (χ0n) is 16.4. The number of hydrogen-bond donors (Lipinski definition) is 2.